The van der Waals surface area contributed by atoms with E-state index in [-0.39, 0.29) is 16.1 Å². The van der Waals surface area contributed by atoms with Crippen LogP contribution >= 0.6 is 38.6 Å². The topological polar surface area (TPSA) is 59.0 Å². The third kappa shape index (κ3) is 4.31. The maximum Gasteiger partial charge on any atom is 0.339 e. The summed E-state index contributed by atoms with van der Waals surface area (Å²) in [5, 5.41) is 9.83. The Morgan fingerprint density at radius 3 is 2.69 bits per heavy atom. The molecule has 5 nitrogen and oxygen atoms in total. The molecule has 1 unspecified atom stereocenters. The van der Waals surface area contributed by atoms with Gasteiger partial charge in [0.2, 0.25) is 0 Å². The lowest BCUT2D eigenvalue weighted by atomic mass is 10.1. The van der Waals surface area contributed by atoms with Gasteiger partial charge in [-0.2, -0.15) is 5.10 Å². The minimum atomic E-state index is -0.709. The van der Waals surface area contributed by atoms with E-state index in [4.69, 9.17) is 4.74 Å². The van der Waals surface area contributed by atoms with Crippen LogP contribution in [0.25, 0.3) is 0 Å². The van der Waals surface area contributed by atoms with Crippen molar-refractivity contribution in [2.24, 2.45) is 5.10 Å². The molecule has 0 saturated heterocycles. The Labute approximate surface area is 182 Å². The van der Waals surface area contributed by atoms with E-state index < -0.39 is 24.3 Å². The molecule has 1 atom stereocenters. The Morgan fingerprint density at radius 1 is 1.21 bits per heavy atom. The predicted octanol–water partition coefficient (Wildman–Crippen LogP) is 5.25. The van der Waals surface area contributed by atoms with Gasteiger partial charge in [-0.3, -0.25) is 4.79 Å². The summed E-state index contributed by atoms with van der Waals surface area (Å²) < 4.78 is 18.6. The van der Waals surface area contributed by atoms with Gasteiger partial charge in [0.25, 0.3) is 5.91 Å². The van der Waals surface area contributed by atoms with Crippen LogP contribution in [0.4, 0.5) is 4.39 Å². The number of amides is 1. The molecule has 0 aliphatic carbocycles. The van der Waals surface area contributed by atoms with Crippen LogP contribution < -0.4 is 0 Å². The van der Waals surface area contributed by atoms with E-state index >= 15 is 0 Å². The Bertz CT molecular complexity index is 1070. The van der Waals surface area contributed by atoms with Crippen molar-refractivity contribution in [1.29, 1.82) is 0 Å². The van der Waals surface area contributed by atoms with E-state index in [1.165, 1.54) is 17.1 Å². The lowest BCUT2D eigenvalue weighted by Crippen LogP contribution is -2.31. The van der Waals surface area contributed by atoms with E-state index in [0.29, 0.717) is 6.42 Å². The van der Waals surface area contributed by atoms with Gasteiger partial charge in [-0.1, -0.05) is 12.1 Å². The normalized spacial score (nSPS) is 16.0. The molecule has 0 bridgehead atoms. The van der Waals surface area contributed by atoms with Gasteiger partial charge in [0.15, 0.2) is 6.61 Å². The van der Waals surface area contributed by atoms with Gasteiger partial charge < -0.3 is 4.74 Å². The van der Waals surface area contributed by atoms with Crippen molar-refractivity contribution < 1.29 is 18.7 Å². The van der Waals surface area contributed by atoms with E-state index in [1.54, 1.807) is 22.7 Å². The van der Waals surface area contributed by atoms with Crippen LogP contribution in [0, 0.1) is 5.82 Å². The van der Waals surface area contributed by atoms with Crippen molar-refractivity contribution in [2.75, 3.05) is 6.61 Å². The lowest BCUT2D eigenvalue weighted by Gasteiger charge is -2.20. The van der Waals surface area contributed by atoms with Crippen LogP contribution in [0.3, 0.4) is 0 Å². The van der Waals surface area contributed by atoms with Crippen LogP contribution in [-0.4, -0.2) is 29.2 Å². The first-order valence-corrected chi connectivity index (χ1v) is 11.2. The van der Waals surface area contributed by atoms with Crippen molar-refractivity contribution in [3.63, 3.8) is 0 Å². The number of carbonyl (C=O) groups excluding carboxylic acids is 2. The van der Waals surface area contributed by atoms with E-state index in [1.807, 2.05) is 35.0 Å². The molecule has 4 rings (SSSR count). The monoisotopic (exact) mass is 492 g/mol. The Hall–Kier alpha value is -2.36. The summed E-state index contributed by atoms with van der Waals surface area (Å²) in [7, 11) is 0. The first-order valence-electron chi connectivity index (χ1n) is 8.62. The van der Waals surface area contributed by atoms with Gasteiger partial charge in [-0.25, -0.2) is 14.2 Å². The highest BCUT2D eigenvalue weighted by molar-refractivity contribution is 9.10. The number of hydrogen-bond donors (Lipinski definition) is 0. The SMILES string of the molecule is O=C(OCC(=O)N1N=C(c2cccs2)CC1c1cccs1)c1ccc(F)cc1Br. The first kappa shape index (κ1) is 19.9. The van der Waals surface area contributed by atoms with Crippen LogP contribution in [0.1, 0.15) is 32.6 Å². The number of carbonyl (C=O) groups is 2. The van der Waals surface area contributed by atoms with Crippen LogP contribution in [0.15, 0.2) is 62.8 Å². The van der Waals surface area contributed by atoms with Crippen LogP contribution in [-0.2, 0) is 9.53 Å². The molecular formula is C20H14BrFN2O3S2. The molecule has 1 aromatic carbocycles. The van der Waals surface area contributed by atoms with Crippen molar-refractivity contribution in [1.82, 2.24) is 5.01 Å². The summed E-state index contributed by atoms with van der Waals surface area (Å²) in [5.74, 6) is -1.60. The highest BCUT2D eigenvalue weighted by Crippen LogP contribution is 2.36. The van der Waals surface area contributed by atoms with Crippen LogP contribution in [0.2, 0.25) is 0 Å². The molecular weight excluding hydrogens is 479 g/mol. The number of benzene rings is 1. The van der Waals surface area contributed by atoms with Crippen LogP contribution in [0.5, 0.6) is 0 Å². The minimum Gasteiger partial charge on any atom is -0.452 e. The number of esters is 1. The molecule has 1 aliphatic heterocycles. The Morgan fingerprint density at radius 2 is 2.00 bits per heavy atom. The van der Waals surface area contributed by atoms with Gasteiger partial charge in [0.1, 0.15) is 5.82 Å². The van der Waals surface area contributed by atoms with Crippen molar-refractivity contribution in [2.45, 2.75) is 12.5 Å². The zero-order chi connectivity index (χ0) is 20.4. The minimum absolute atomic E-state index is 0.151. The number of hydrogen-bond acceptors (Lipinski definition) is 6. The molecule has 0 radical (unpaired) electrons. The number of ether oxygens (including phenoxy) is 1. The molecule has 3 heterocycles. The fraction of sp³-hybridized carbons (Fsp3) is 0.150. The third-order valence-corrected chi connectivity index (χ3v) is 6.87. The molecule has 2 aromatic heterocycles. The second kappa shape index (κ2) is 8.56. The molecule has 29 heavy (non-hydrogen) atoms. The number of rotatable bonds is 5. The maximum absolute atomic E-state index is 13.2. The number of nitrogens with zero attached hydrogens (tertiary/aromatic N) is 2. The fourth-order valence-corrected chi connectivity index (χ4v) is 5.01. The number of thiophene rings is 2. The number of hydrazone groups is 1. The summed E-state index contributed by atoms with van der Waals surface area (Å²) in [5.41, 5.74) is 0.984. The third-order valence-electron chi connectivity index (χ3n) is 4.32. The Kier molecular flexibility index (Phi) is 5.89. The first-order chi connectivity index (χ1) is 14.0. The van der Waals surface area contributed by atoms with Crippen molar-refractivity contribution in [3.05, 3.63) is 78.8 Å². The maximum atomic E-state index is 13.2. The standard InChI is InChI=1S/C20H14BrFN2O3S2/c21-14-9-12(22)5-6-13(14)20(26)27-11-19(25)24-16(18-4-2-8-29-18)10-15(23-24)17-3-1-7-28-17/h1-9,16H,10-11H2. The second-order valence-electron chi connectivity index (χ2n) is 6.20. The number of halogens is 2. The Balaban J connectivity index is 1.50. The molecule has 3 aromatic rings. The molecule has 148 valence electrons. The van der Waals surface area contributed by atoms with Gasteiger partial charge >= 0.3 is 5.97 Å². The smallest absolute Gasteiger partial charge is 0.339 e. The van der Waals surface area contributed by atoms with E-state index in [9.17, 15) is 14.0 Å². The molecule has 0 fully saturated rings. The zero-order valence-corrected chi connectivity index (χ0v) is 18.1. The molecule has 0 saturated carbocycles. The van der Waals surface area contributed by atoms with E-state index in [0.717, 1.165) is 21.5 Å². The summed E-state index contributed by atoms with van der Waals surface area (Å²) in [6.45, 7) is -0.453. The fourth-order valence-electron chi connectivity index (χ4n) is 2.96. The molecule has 1 amide bonds. The molecule has 1 aliphatic rings. The summed E-state index contributed by atoms with van der Waals surface area (Å²) >= 11 is 6.25. The van der Waals surface area contributed by atoms with Gasteiger partial charge in [-0.05, 0) is 57.0 Å². The summed E-state index contributed by atoms with van der Waals surface area (Å²) in [6.07, 6.45) is 0.601. The average molecular weight is 493 g/mol. The largest absolute Gasteiger partial charge is 0.452 e. The highest BCUT2D eigenvalue weighted by atomic mass is 79.9. The molecule has 0 N–H and O–H groups in total. The van der Waals surface area contributed by atoms with E-state index in [2.05, 4.69) is 21.0 Å². The summed E-state index contributed by atoms with van der Waals surface area (Å²) in [4.78, 5) is 27.1. The van der Waals surface area contributed by atoms with Crippen molar-refractivity contribution >= 4 is 56.2 Å². The highest BCUT2D eigenvalue weighted by Gasteiger charge is 2.34. The lowest BCUT2D eigenvalue weighted by molar-refractivity contribution is -0.136. The predicted molar refractivity (Wildman–Crippen MR) is 114 cm³/mol. The molecule has 9 heteroatoms. The van der Waals surface area contributed by atoms with Gasteiger partial charge in [0.05, 0.1) is 22.2 Å². The quantitative estimate of drug-likeness (QED) is 0.457. The second-order valence-corrected chi connectivity index (χ2v) is 8.98. The van der Waals surface area contributed by atoms with Crippen molar-refractivity contribution in [3.8, 4) is 0 Å². The van der Waals surface area contributed by atoms with Gasteiger partial charge in [-0.15, -0.1) is 22.7 Å². The average Bonchev–Trinajstić information content (AvgIpc) is 3.46. The van der Waals surface area contributed by atoms with Gasteiger partial charge in [0, 0.05) is 15.8 Å². The summed E-state index contributed by atoms with van der Waals surface area (Å²) in [6, 6.07) is 11.2. The molecule has 0 spiro atoms. The zero-order valence-electron chi connectivity index (χ0n) is 14.9.